The average Bonchev–Trinajstić information content (AvgIpc) is 3.56. The highest BCUT2D eigenvalue weighted by atomic mass is 35.5. The van der Waals surface area contributed by atoms with Crippen LogP contribution in [0.1, 0.15) is 40.4 Å². The van der Waals surface area contributed by atoms with Gasteiger partial charge in [-0.1, -0.05) is 58.7 Å². The Kier molecular flexibility index (Phi) is 7.80. The van der Waals surface area contributed by atoms with Crippen LogP contribution in [0.15, 0.2) is 59.8 Å². The fourth-order valence-electron chi connectivity index (χ4n) is 4.87. The summed E-state index contributed by atoms with van der Waals surface area (Å²) in [4.78, 5) is 39.1. The molecule has 1 amide bonds. The molecule has 1 aliphatic heterocycles. The second kappa shape index (κ2) is 11.3. The molecule has 1 saturated heterocycles. The maximum atomic E-state index is 14.2. The second-order valence-electron chi connectivity index (χ2n) is 9.13. The molecule has 12 heteroatoms. The number of amides is 1. The number of piperidine rings is 1. The first-order valence-corrected chi connectivity index (χ1v) is 13.3. The van der Waals surface area contributed by atoms with Gasteiger partial charge in [0.05, 0.1) is 21.8 Å². The van der Waals surface area contributed by atoms with Crippen molar-refractivity contribution >= 4 is 69.6 Å². The summed E-state index contributed by atoms with van der Waals surface area (Å²) in [7, 11) is 0. The Hall–Kier alpha value is -3.92. The van der Waals surface area contributed by atoms with E-state index in [9.17, 15) is 14.4 Å². The van der Waals surface area contributed by atoms with Crippen LogP contribution in [0.3, 0.4) is 0 Å². The Labute approximate surface area is 243 Å². The first-order chi connectivity index (χ1) is 19.2. The van der Waals surface area contributed by atoms with Crippen LogP contribution < -0.4 is 0 Å². The number of aliphatic carboxylic acids is 1. The molecule has 40 heavy (non-hydrogen) atoms. The van der Waals surface area contributed by atoms with E-state index in [2.05, 4.69) is 16.8 Å². The lowest BCUT2D eigenvalue weighted by atomic mass is 9.90. The van der Waals surface area contributed by atoms with Gasteiger partial charge in [-0.25, -0.2) is 4.79 Å². The molecule has 0 radical (unpaired) electrons. The van der Waals surface area contributed by atoms with Crippen molar-refractivity contribution in [3.05, 3.63) is 87.2 Å². The smallest absolute Gasteiger partial charge is 0.328 e. The van der Waals surface area contributed by atoms with Crippen molar-refractivity contribution in [2.24, 2.45) is 0 Å². The number of hydrogen-bond acceptors (Lipinski definition) is 6. The fraction of sp³-hybridized carbons (Fsp3) is 0.179. The molecule has 0 unspecified atom stereocenters. The topological polar surface area (TPSA) is 119 Å². The van der Waals surface area contributed by atoms with Crippen molar-refractivity contribution in [3.63, 3.8) is 0 Å². The van der Waals surface area contributed by atoms with E-state index in [-0.39, 0.29) is 38.7 Å². The van der Waals surface area contributed by atoms with Crippen molar-refractivity contribution in [2.75, 3.05) is 13.1 Å². The lowest BCUT2D eigenvalue weighted by Gasteiger charge is -2.30. The summed E-state index contributed by atoms with van der Waals surface area (Å²) in [6, 6.07) is 8.12. The molecule has 0 spiro atoms. The minimum absolute atomic E-state index is 0.135. The number of aromatic nitrogens is 3. The predicted molar refractivity (Wildman–Crippen MR) is 152 cm³/mol. The molecule has 0 aliphatic carbocycles. The molecule has 0 atom stereocenters. The Morgan fingerprint density at radius 3 is 2.45 bits per heavy atom. The van der Waals surface area contributed by atoms with Gasteiger partial charge in [0.25, 0.3) is 5.91 Å². The lowest BCUT2D eigenvalue weighted by molar-refractivity contribution is -0.131. The van der Waals surface area contributed by atoms with E-state index < -0.39 is 11.9 Å². The third-order valence-corrected chi connectivity index (χ3v) is 7.59. The Bertz CT molecular complexity index is 1680. The number of carbonyl (C=O) groups excluding carboxylic acids is 2. The van der Waals surface area contributed by atoms with E-state index in [0.717, 1.165) is 6.08 Å². The van der Waals surface area contributed by atoms with Gasteiger partial charge in [0.15, 0.2) is 5.76 Å². The van der Waals surface area contributed by atoms with E-state index in [0.29, 0.717) is 53.2 Å². The molecule has 2 aromatic carbocycles. The summed E-state index contributed by atoms with van der Waals surface area (Å²) in [5, 5.41) is 18.9. The number of rotatable bonds is 6. The number of fused-ring (bicyclic) bond motifs is 1. The number of likely N-dealkylation sites (tertiary alicyclic amines) is 1. The van der Waals surface area contributed by atoms with Gasteiger partial charge in [-0.2, -0.15) is 9.78 Å². The van der Waals surface area contributed by atoms with Crippen LogP contribution in [0.5, 0.6) is 0 Å². The molecular formula is C28H21Cl3N4O5. The monoisotopic (exact) mass is 598 g/mol. The Morgan fingerprint density at radius 2 is 1.80 bits per heavy atom. The first-order valence-electron chi connectivity index (χ1n) is 12.2. The minimum atomic E-state index is -1.10. The number of nitrogens with zero attached hydrogens (tertiary/aromatic N) is 4. The van der Waals surface area contributed by atoms with Gasteiger partial charge in [-0.15, -0.1) is 0 Å². The van der Waals surface area contributed by atoms with Crippen LogP contribution in [0.25, 0.3) is 28.2 Å². The summed E-state index contributed by atoms with van der Waals surface area (Å²) < 4.78 is 7.02. The van der Waals surface area contributed by atoms with Gasteiger partial charge in [0.2, 0.25) is 5.91 Å². The third kappa shape index (κ3) is 5.15. The standard InChI is InChI=1S/C28H21Cl3N4O5/c1-2-22(36)34-10-8-16(9-11-34)27-25(26(33-40-27)24-19(30)12-17(29)13-20(24)31)28(39)35-21-5-3-4-15(6-7-23(37)38)18(21)14-32-35/h2-7,12-14,16H,1,8-11H2,(H,37,38)/b7-6+. The summed E-state index contributed by atoms with van der Waals surface area (Å²) in [6.45, 7) is 4.45. The zero-order valence-corrected chi connectivity index (χ0v) is 23.1. The number of carbonyl (C=O) groups is 3. The maximum absolute atomic E-state index is 14.2. The molecule has 0 bridgehead atoms. The molecule has 5 rings (SSSR count). The number of carboxylic acids is 1. The van der Waals surface area contributed by atoms with E-state index in [1.54, 1.807) is 23.1 Å². The van der Waals surface area contributed by atoms with Crippen LogP contribution >= 0.6 is 34.8 Å². The highest BCUT2D eigenvalue weighted by Crippen LogP contribution is 2.42. The molecule has 1 aliphatic rings. The third-order valence-electron chi connectivity index (χ3n) is 6.77. The maximum Gasteiger partial charge on any atom is 0.328 e. The zero-order valence-electron chi connectivity index (χ0n) is 20.8. The molecule has 9 nitrogen and oxygen atoms in total. The van der Waals surface area contributed by atoms with Crippen LogP contribution in [-0.2, 0) is 9.59 Å². The summed E-state index contributed by atoms with van der Waals surface area (Å²) in [6.07, 6.45) is 6.26. The van der Waals surface area contributed by atoms with Crippen molar-refractivity contribution in [2.45, 2.75) is 18.8 Å². The summed E-state index contributed by atoms with van der Waals surface area (Å²) >= 11 is 19.2. The van der Waals surface area contributed by atoms with Crippen molar-refractivity contribution in [1.29, 1.82) is 0 Å². The van der Waals surface area contributed by atoms with E-state index in [4.69, 9.17) is 44.4 Å². The first kappa shape index (κ1) is 27.6. The van der Waals surface area contributed by atoms with Gasteiger partial charge in [-0.3, -0.25) is 9.59 Å². The van der Waals surface area contributed by atoms with Crippen LogP contribution in [0, 0.1) is 0 Å². The van der Waals surface area contributed by atoms with Gasteiger partial charge in [0.1, 0.15) is 11.3 Å². The van der Waals surface area contributed by atoms with Crippen molar-refractivity contribution in [3.8, 4) is 11.3 Å². The molecule has 204 valence electrons. The molecule has 0 saturated carbocycles. The van der Waals surface area contributed by atoms with Crippen molar-refractivity contribution < 1.29 is 24.0 Å². The van der Waals surface area contributed by atoms with Gasteiger partial charge in [-0.05, 0) is 48.8 Å². The fourth-order valence-corrected chi connectivity index (χ4v) is 5.86. The normalized spacial score (nSPS) is 14.2. The van der Waals surface area contributed by atoms with Gasteiger partial charge >= 0.3 is 5.97 Å². The minimum Gasteiger partial charge on any atom is -0.478 e. The van der Waals surface area contributed by atoms with Crippen LogP contribution in [0.4, 0.5) is 0 Å². The zero-order chi connectivity index (χ0) is 28.6. The van der Waals surface area contributed by atoms with E-state index >= 15 is 0 Å². The highest BCUT2D eigenvalue weighted by molar-refractivity contribution is 6.42. The summed E-state index contributed by atoms with van der Waals surface area (Å²) in [5.74, 6) is -1.69. The average molecular weight is 600 g/mol. The molecule has 1 N–H and O–H groups in total. The molecular weight excluding hydrogens is 579 g/mol. The number of halogens is 3. The molecule has 2 aromatic heterocycles. The van der Waals surface area contributed by atoms with E-state index in [1.807, 2.05) is 0 Å². The van der Waals surface area contributed by atoms with Gasteiger partial charge in [0, 0.05) is 41.1 Å². The van der Waals surface area contributed by atoms with Crippen molar-refractivity contribution in [1.82, 2.24) is 19.8 Å². The molecule has 4 aromatic rings. The number of hydrogen-bond donors (Lipinski definition) is 1. The predicted octanol–water partition coefficient (Wildman–Crippen LogP) is 6.33. The largest absolute Gasteiger partial charge is 0.478 e. The Morgan fingerprint density at radius 1 is 1.10 bits per heavy atom. The molecule has 1 fully saturated rings. The van der Waals surface area contributed by atoms with Gasteiger partial charge < -0.3 is 14.5 Å². The Balaban J connectivity index is 1.64. The number of benzene rings is 2. The summed E-state index contributed by atoms with van der Waals surface area (Å²) in [5.41, 5.74) is 1.59. The number of carboxylic acid groups (broad SMARTS) is 1. The highest BCUT2D eigenvalue weighted by Gasteiger charge is 2.35. The second-order valence-corrected chi connectivity index (χ2v) is 10.4. The quantitative estimate of drug-likeness (QED) is 0.257. The van der Waals surface area contributed by atoms with Crippen LogP contribution in [-0.4, -0.2) is 55.8 Å². The molecule has 3 heterocycles. The van der Waals surface area contributed by atoms with E-state index in [1.165, 1.54) is 35.2 Å². The SMILES string of the molecule is C=CC(=O)N1CCC(c2onc(-c3c(Cl)cc(Cl)cc3Cl)c2C(=O)n2ncc3c(/C=C/C(=O)O)cccc32)CC1. The van der Waals surface area contributed by atoms with Crippen LogP contribution in [0.2, 0.25) is 15.1 Å². The lowest BCUT2D eigenvalue weighted by Crippen LogP contribution is -2.37.